The van der Waals surface area contributed by atoms with Gasteiger partial charge in [0.25, 0.3) is 0 Å². The molecule has 0 aliphatic rings. The number of hydrogen-bond acceptors (Lipinski definition) is 4. The van der Waals surface area contributed by atoms with E-state index in [4.69, 9.17) is 4.52 Å². The van der Waals surface area contributed by atoms with Gasteiger partial charge in [-0.25, -0.2) is 0 Å². The van der Waals surface area contributed by atoms with E-state index in [9.17, 15) is 0 Å². The van der Waals surface area contributed by atoms with Crippen LogP contribution in [0, 0.1) is 6.92 Å². The summed E-state index contributed by atoms with van der Waals surface area (Å²) in [5.74, 6) is 1.33. The van der Waals surface area contributed by atoms with E-state index in [1.807, 2.05) is 0 Å². The molecular formula is C14H22N4O. The standard InChI is InChI=1S/C14H22N4O/c1-4-6-13(15-5-2)12-7-8-18(9-12)10-14-16-11(3)19-17-14/h7-9,13,15H,4-6,10H2,1-3H3. The minimum atomic E-state index is 0.434. The Hall–Kier alpha value is -1.62. The van der Waals surface area contributed by atoms with E-state index in [0.29, 0.717) is 18.5 Å². The summed E-state index contributed by atoms with van der Waals surface area (Å²) in [5.41, 5.74) is 1.32. The van der Waals surface area contributed by atoms with Gasteiger partial charge in [0.2, 0.25) is 5.89 Å². The van der Waals surface area contributed by atoms with Crippen LogP contribution in [0.1, 0.15) is 50.0 Å². The quantitative estimate of drug-likeness (QED) is 0.833. The molecule has 0 aromatic carbocycles. The lowest BCUT2D eigenvalue weighted by atomic mass is 10.1. The van der Waals surface area contributed by atoms with E-state index in [1.165, 1.54) is 12.0 Å². The van der Waals surface area contributed by atoms with Crippen molar-refractivity contribution >= 4 is 0 Å². The lowest BCUT2D eigenvalue weighted by Gasteiger charge is -2.15. The predicted molar refractivity (Wildman–Crippen MR) is 73.9 cm³/mol. The molecule has 0 aliphatic heterocycles. The third-order valence-corrected chi connectivity index (χ3v) is 3.10. The zero-order chi connectivity index (χ0) is 13.7. The molecule has 0 saturated carbocycles. The molecule has 1 N–H and O–H groups in total. The summed E-state index contributed by atoms with van der Waals surface area (Å²) in [6.07, 6.45) is 6.56. The minimum absolute atomic E-state index is 0.434. The second kappa shape index (κ2) is 6.52. The fraction of sp³-hybridized carbons (Fsp3) is 0.571. The van der Waals surface area contributed by atoms with Crippen LogP contribution in [-0.4, -0.2) is 21.3 Å². The van der Waals surface area contributed by atoms with Gasteiger partial charge in [-0.2, -0.15) is 4.98 Å². The number of nitrogens with zero attached hydrogens (tertiary/aromatic N) is 3. The summed E-state index contributed by atoms with van der Waals surface area (Å²) in [5, 5.41) is 7.43. The smallest absolute Gasteiger partial charge is 0.223 e. The largest absolute Gasteiger partial charge is 0.346 e. The van der Waals surface area contributed by atoms with Gasteiger partial charge in [0.05, 0.1) is 6.54 Å². The summed E-state index contributed by atoms with van der Waals surface area (Å²) in [6.45, 7) is 7.80. The molecule has 2 rings (SSSR count). The molecule has 0 fully saturated rings. The molecule has 0 saturated heterocycles. The molecule has 1 atom stereocenters. The Morgan fingerprint density at radius 3 is 2.89 bits per heavy atom. The molecule has 2 heterocycles. The Morgan fingerprint density at radius 1 is 1.42 bits per heavy atom. The maximum absolute atomic E-state index is 4.98. The van der Waals surface area contributed by atoms with E-state index in [-0.39, 0.29) is 0 Å². The fourth-order valence-corrected chi connectivity index (χ4v) is 2.25. The summed E-state index contributed by atoms with van der Waals surface area (Å²) in [6, 6.07) is 2.60. The van der Waals surface area contributed by atoms with E-state index < -0.39 is 0 Å². The zero-order valence-corrected chi connectivity index (χ0v) is 11.9. The maximum Gasteiger partial charge on any atom is 0.223 e. The SMILES string of the molecule is CCCC(NCC)c1ccn(Cc2noc(C)n2)c1. The highest BCUT2D eigenvalue weighted by atomic mass is 16.5. The van der Waals surface area contributed by atoms with Crippen LogP contribution in [-0.2, 0) is 6.54 Å². The normalized spacial score (nSPS) is 12.8. The van der Waals surface area contributed by atoms with Gasteiger partial charge in [0.1, 0.15) is 0 Å². The van der Waals surface area contributed by atoms with E-state index in [2.05, 4.69) is 52.3 Å². The first kappa shape index (κ1) is 13.8. The van der Waals surface area contributed by atoms with Crippen LogP contribution in [0.2, 0.25) is 0 Å². The lowest BCUT2D eigenvalue weighted by molar-refractivity contribution is 0.386. The highest BCUT2D eigenvalue weighted by Crippen LogP contribution is 2.19. The van der Waals surface area contributed by atoms with Crippen molar-refractivity contribution in [3.8, 4) is 0 Å². The molecule has 5 heteroatoms. The summed E-state index contributed by atoms with van der Waals surface area (Å²) in [7, 11) is 0. The van der Waals surface area contributed by atoms with Crippen LogP contribution in [0.4, 0.5) is 0 Å². The first-order chi connectivity index (χ1) is 9.22. The van der Waals surface area contributed by atoms with Gasteiger partial charge in [-0.15, -0.1) is 0 Å². The number of hydrogen-bond donors (Lipinski definition) is 1. The first-order valence-electron chi connectivity index (χ1n) is 6.91. The van der Waals surface area contributed by atoms with Gasteiger partial charge in [0.15, 0.2) is 5.82 Å². The number of aromatic nitrogens is 3. The monoisotopic (exact) mass is 262 g/mol. The van der Waals surface area contributed by atoms with E-state index in [1.54, 1.807) is 6.92 Å². The highest BCUT2D eigenvalue weighted by Gasteiger charge is 2.11. The Labute approximate surface area is 114 Å². The molecule has 19 heavy (non-hydrogen) atoms. The second-order valence-electron chi connectivity index (χ2n) is 4.75. The van der Waals surface area contributed by atoms with Crippen molar-refractivity contribution in [2.75, 3.05) is 6.54 Å². The van der Waals surface area contributed by atoms with Crippen molar-refractivity contribution in [3.63, 3.8) is 0 Å². The van der Waals surface area contributed by atoms with Crippen molar-refractivity contribution in [2.45, 2.75) is 46.2 Å². The molecule has 0 aliphatic carbocycles. The molecule has 2 aromatic rings. The van der Waals surface area contributed by atoms with Crippen LogP contribution >= 0.6 is 0 Å². The zero-order valence-electron chi connectivity index (χ0n) is 11.9. The van der Waals surface area contributed by atoms with Crippen molar-refractivity contribution in [1.82, 2.24) is 20.0 Å². The number of rotatable bonds is 7. The molecule has 104 valence electrons. The highest BCUT2D eigenvalue weighted by molar-refractivity contribution is 5.16. The third kappa shape index (κ3) is 3.67. The van der Waals surface area contributed by atoms with Crippen molar-refractivity contribution < 1.29 is 4.52 Å². The van der Waals surface area contributed by atoms with Gasteiger partial charge >= 0.3 is 0 Å². The molecule has 2 aromatic heterocycles. The third-order valence-electron chi connectivity index (χ3n) is 3.10. The van der Waals surface area contributed by atoms with Crippen LogP contribution in [0.25, 0.3) is 0 Å². The summed E-state index contributed by atoms with van der Waals surface area (Å²) in [4.78, 5) is 4.22. The summed E-state index contributed by atoms with van der Waals surface area (Å²) >= 11 is 0. The van der Waals surface area contributed by atoms with Gasteiger partial charge in [0, 0.05) is 25.4 Å². The predicted octanol–water partition coefficient (Wildman–Crippen LogP) is 2.68. The molecule has 0 amide bonds. The molecule has 5 nitrogen and oxygen atoms in total. The summed E-state index contributed by atoms with van der Waals surface area (Å²) < 4.78 is 7.08. The Morgan fingerprint density at radius 2 is 2.26 bits per heavy atom. The van der Waals surface area contributed by atoms with Crippen LogP contribution in [0.15, 0.2) is 23.0 Å². The molecule has 0 bridgehead atoms. The van der Waals surface area contributed by atoms with Crippen molar-refractivity contribution in [2.24, 2.45) is 0 Å². The second-order valence-corrected chi connectivity index (χ2v) is 4.75. The average Bonchev–Trinajstić information content (AvgIpc) is 2.99. The van der Waals surface area contributed by atoms with Crippen molar-refractivity contribution in [3.05, 3.63) is 35.7 Å². The average molecular weight is 262 g/mol. The van der Waals surface area contributed by atoms with Gasteiger partial charge in [-0.05, 0) is 24.6 Å². The number of aryl methyl sites for hydroxylation is 1. The van der Waals surface area contributed by atoms with Crippen LogP contribution in [0.3, 0.4) is 0 Å². The van der Waals surface area contributed by atoms with Crippen LogP contribution in [0.5, 0.6) is 0 Å². The van der Waals surface area contributed by atoms with Crippen LogP contribution < -0.4 is 5.32 Å². The van der Waals surface area contributed by atoms with E-state index >= 15 is 0 Å². The first-order valence-corrected chi connectivity index (χ1v) is 6.91. The Bertz CT molecular complexity index is 497. The topological polar surface area (TPSA) is 55.9 Å². The van der Waals surface area contributed by atoms with Gasteiger partial charge in [-0.1, -0.05) is 25.4 Å². The van der Waals surface area contributed by atoms with Gasteiger partial charge in [-0.3, -0.25) is 0 Å². The lowest BCUT2D eigenvalue weighted by Crippen LogP contribution is -2.20. The number of nitrogens with one attached hydrogen (secondary N) is 1. The molecular weight excluding hydrogens is 240 g/mol. The molecule has 1 unspecified atom stereocenters. The van der Waals surface area contributed by atoms with Gasteiger partial charge < -0.3 is 14.4 Å². The maximum atomic E-state index is 4.98. The molecule has 0 radical (unpaired) electrons. The van der Waals surface area contributed by atoms with E-state index in [0.717, 1.165) is 18.8 Å². The Balaban J connectivity index is 2.04. The Kier molecular flexibility index (Phi) is 4.74. The van der Waals surface area contributed by atoms with Crippen molar-refractivity contribution in [1.29, 1.82) is 0 Å². The minimum Gasteiger partial charge on any atom is -0.346 e. The fourth-order valence-electron chi connectivity index (χ4n) is 2.25. The molecule has 0 spiro atoms.